The van der Waals surface area contributed by atoms with Crippen LogP contribution in [0.15, 0.2) is 36.5 Å². The predicted octanol–water partition coefficient (Wildman–Crippen LogP) is 2.80. The van der Waals surface area contributed by atoms with Gasteiger partial charge in [-0.3, -0.25) is 9.59 Å². The lowest BCUT2D eigenvalue weighted by atomic mass is 10.1. The van der Waals surface area contributed by atoms with Crippen LogP contribution in [0.1, 0.15) is 35.7 Å². The fourth-order valence-electron chi connectivity index (χ4n) is 4.47. The molecule has 0 aliphatic carbocycles. The van der Waals surface area contributed by atoms with Gasteiger partial charge in [0, 0.05) is 45.3 Å². The maximum Gasteiger partial charge on any atom is 0.339 e. The zero-order valence-electron chi connectivity index (χ0n) is 19.5. The number of nitrogens with zero attached hydrogens (tertiary/aromatic N) is 4. The molecular formula is C25H29FN4O4. The number of aromatic nitrogens is 1. The zero-order valence-corrected chi connectivity index (χ0v) is 19.5. The molecule has 2 aromatic rings. The van der Waals surface area contributed by atoms with Crippen molar-refractivity contribution in [2.45, 2.75) is 26.7 Å². The highest BCUT2D eigenvalue weighted by molar-refractivity contribution is 6.00. The summed E-state index contributed by atoms with van der Waals surface area (Å²) in [6, 6.07) is 8.23. The molecule has 0 radical (unpaired) electrons. The van der Waals surface area contributed by atoms with Crippen molar-refractivity contribution in [1.29, 1.82) is 0 Å². The predicted molar refractivity (Wildman–Crippen MR) is 125 cm³/mol. The van der Waals surface area contributed by atoms with Gasteiger partial charge in [-0.2, -0.15) is 0 Å². The van der Waals surface area contributed by atoms with Gasteiger partial charge in [-0.25, -0.2) is 14.2 Å². The van der Waals surface area contributed by atoms with Gasteiger partial charge in [0.15, 0.2) is 0 Å². The molecule has 1 aromatic carbocycles. The Morgan fingerprint density at radius 3 is 2.68 bits per heavy atom. The Balaban J connectivity index is 1.37. The van der Waals surface area contributed by atoms with E-state index in [0.717, 1.165) is 24.3 Å². The fraction of sp³-hybridized carbons (Fsp3) is 0.440. The van der Waals surface area contributed by atoms with Gasteiger partial charge in [-0.1, -0.05) is 6.07 Å². The first-order valence-electron chi connectivity index (χ1n) is 11.6. The number of benzene rings is 1. The molecule has 0 saturated carbocycles. The molecule has 2 aliphatic rings. The molecule has 9 heteroatoms. The van der Waals surface area contributed by atoms with Crippen LogP contribution in [0.5, 0.6) is 0 Å². The second-order valence-corrected chi connectivity index (χ2v) is 8.65. The van der Waals surface area contributed by atoms with Crippen molar-refractivity contribution in [1.82, 2.24) is 9.88 Å². The minimum absolute atomic E-state index is 0.0733. The van der Waals surface area contributed by atoms with E-state index in [0.29, 0.717) is 31.8 Å². The van der Waals surface area contributed by atoms with Crippen LogP contribution in [0, 0.1) is 18.7 Å². The summed E-state index contributed by atoms with van der Waals surface area (Å²) in [7, 11) is 0. The van der Waals surface area contributed by atoms with E-state index in [4.69, 9.17) is 4.74 Å². The van der Waals surface area contributed by atoms with Crippen molar-refractivity contribution in [2.75, 3.05) is 49.1 Å². The van der Waals surface area contributed by atoms with Crippen LogP contribution in [0.3, 0.4) is 0 Å². The van der Waals surface area contributed by atoms with Crippen molar-refractivity contribution in [3.05, 3.63) is 53.5 Å². The maximum absolute atomic E-state index is 14.4. The third kappa shape index (κ3) is 5.03. The van der Waals surface area contributed by atoms with Crippen molar-refractivity contribution < 1.29 is 23.5 Å². The summed E-state index contributed by atoms with van der Waals surface area (Å²) in [5.41, 5.74) is 1.41. The molecule has 2 amide bonds. The summed E-state index contributed by atoms with van der Waals surface area (Å²) in [5.74, 6) is -0.909. The van der Waals surface area contributed by atoms with E-state index in [1.807, 2.05) is 0 Å². The highest BCUT2D eigenvalue weighted by atomic mass is 19.1. The second kappa shape index (κ2) is 10.2. The average molecular weight is 469 g/mol. The molecule has 0 bridgehead atoms. The van der Waals surface area contributed by atoms with Crippen LogP contribution in [0.2, 0.25) is 0 Å². The van der Waals surface area contributed by atoms with E-state index < -0.39 is 17.7 Å². The Morgan fingerprint density at radius 1 is 1.15 bits per heavy atom. The van der Waals surface area contributed by atoms with Gasteiger partial charge in [-0.05, 0) is 50.1 Å². The molecule has 0 unspecified atom stereocenters. The molecule has 1 atom stereocenters. The number of aryl methyl sites for hydroxylation is 1. The Bertz CT molecular complexity index is 1080. The molecule has 8 nitrogen and oxygen atoms in total. The molecule has 4 rings (SSSR count). The van der Waals surface area contributed by atoms with Crippen molar-refractivity contribution in [3.8, 4) is 0 Å². The molecule has 2 aliphatic heterocycles. The maximum atomic E-state index is 14.4. The lowest BCUT2D eigenvalue weighted by Gasteiger charge is -2.25. The van der Waals surface area contributed by atoms with Gasteiger partial charge in [-0.15, -0.1) is 0 Å². The first-order valence-corrected chi connectivity index (χ1v) is 11.6. The topological polar surface area (TPSA) is 83.0 Å². The number of carbonyl (C=O) groups excluding carboxylic acids is 3. The number of amides is 2. The monoisotopic (exact) mass is 468 g/mol. The quantitative estimate of drug-likeness (QED) is 0.628. The SMILES string of the molecule is CCOC(=O)c1ccc(N2CCCN(C(=O)[C@H]3CC(=O)N(c4ccc(C)cc4F)C3)CC2)nc1. The van der Waals surface area contributed by atoms with E-state index >= 15 is 0 Å². The minimum Gasteiger partial charge on any atom is -0.462 e. The standard InChI is InChI=1S/C25H29FN4O4/c1-3-34-25(33)18-6-8-22(27-15-18)28-9-4-10-29(12-11-28)24(32)19-14-23(31)30(16-19)21-7-5-17(2)13-20(21)26/h5-8,13,15,19H,3-4,9-12,14,16H2,1-2H3/t19-/m0/s1. The average Bonchev–Trinajstić information content (AvgIpc) is 3.04. The van der Waals surface area contributed by atoms with E-state index in [-0.39, 0.29) is 30.5 Å². The number of hydrogen-bond acceptors (Lipinski definition) is 6. The second-order valence-electron chi connectivity index (χ2n) is 8.65. The van der Waals surface area contributed by atoms with E-state index in [1.54, 1.807) is 43.0 Å². The molecule has 2 fully saturated rings. The number of hydrogen-bond donors (Lipinski definition) is 0. The van der Waals surface area contributed by atoms with Gasteiger partial charge in [0.2, 0.25) is 11.8 Å². The Labute approximate surface area is 198 Å². The van der Waals surface area contributed by atoms with Gasteiger partial charge in [0.25, 0.3) is 0 Å². The van der Waals surface area contributed by atoms with E-state index in [9.17, 15) is 18.8 Å². The van der Waals surface area contributed by atoms with Crippen LogP contribution in [-0.4, -0.2) is 67.0 Å². The first kappa shape index (κ1) is 23.7. The molecule has 1 aromatic heterocycles. The summed E-state index contributed by atoms with van der Waals surface area (Å²) < 4.78 is 19.4. The molecule has 0 spiro atoms. The van der Waals surface area contributed by atoms with E-state index in [2.05, 4.69) is 9.88 Å². The summed E-state index contributed by atoms with van der Waals surface area (Å²) in [6.45, 7) is 6.44. The molecule has 2 saturated heterocycles. The largest absolute Gasteiger partial charge is 0.462 e. The number of rotatable bonds is 5. The van der Waals surface area contributed by atoms with Crippen molar-refractivity contribution in [3.63, 3.8) is 0 Å². The summed E-state index contributed by atoms with van der Waals surface area (Å²) >= 11 is 0. The van der Waals surface area contributed by atoms with Gasteiger partial charge >= 0.3 is 5.97 Å². The fourth-order valence-corrected chi connectivity index (χ4v) is 4.47. The first-order chi connectivity index (χ1) is 16.4. The summed E-state index contributed by atoms with van der Waals surface area (Å²) in [5, 5.41) is 0. The van der Waals surface area contributed by atoms with Crippen LogP contribution in [-0.2, 0) is 14.3 Å². The molecule has 34 heavy (non-hydrogen) atoms. The summed E-state index contributed by atoms with van der Waals surface area (Å²) in [6.07, 6.45) is 2.34. The number of pyridine rings is 1. The normalized spacial score (nSPS) is 18.7. The van der Waals surface area contributed by atoms with Gasteiger partial charge < -0.3 is 19.4 Å². The molecular weight excluding hydrogens is 439 g/mol. The third-order valence-electron chi connectivity index (χ3n) is 6.26. The Kier molecular flexibility index (Phi) is 7.09. The van der Waals surface area contributed by atoms with Crippen LogP contribution >= 0.6 is 0 Å². The van der Waals surface area contributed by atoms with Gasteiger partial charge in [0.05, 0.1) is 23.8 Å². The number of ether oxygens (including phenoxy) is 1. The lowest BCUT2D eigenvalue weighted by Crippen LogP contribution is -2.40. The number of carbonyl (C=O) groups is 3. The van der Waals surface area contributed by atoms with Crippen molar-refractivity contribution in [2.24, 2.45) is 5.92 Å². The van der Waals surface area contributed by atoms with Crippen LogP contribution in [0.25, 0.3) is 0 Å². The smallest absolute Gasteiger partial charge is 0.339 e. The minimum atomic E-state index is -0.485. The zero-order chi connectivity index (χ0) is 24.2. The van der Waals surface area contributed by atoms with Crippen LogP contribution in [0.4, 0.5) is 15.9 Å². The Hall–Kier alpha value is -3.49. The lowest BCUT2D eigenvalue weighted by molar-refractivity contribution is -0.135. The molecule has 180 valence electrons. The third-order valence-corrected chi connectivity index (χ3v) is 6.26. The van der Waals surface area contributed by atoms with Crippen molar-refractivity contribution >= 4 is 29.3 Å². The number of anilines is 2. The highest BCUT2D eigenvalue weighted by Crippen LogP contribution is 2.29. The van der Waals surface area contributed by atoms with E-state index in [1.165, 1.54) is 17.2 Å². The Morgan fingerprint density at radius 2 is 1.97 bits per heavy atom. The van der Waals surface area contributed by atoms with Crippen LogP contribution < -0.4 is 9.80 Å². The molecule has 0 N–H and O–H groups in total. The number of esters is 1. The molecule has 3 heterocycles. The summed E-state index contributed by atoms with van der Waals surface area (Å²) in [4.78, 5) is 47.3. The van der Waals surface area contributed by atoms with Gasteiger partial charge in [0.1, 0.15) is 11.6 Å². The number of halogens is 1. The highest BCUT2D eigenvalue weighted by Gasteiger charge is 2.38.